The van der Waals surface area contributed by atoms with Crippen molar-refractivity contribution in [2.75, 3.05) is 42.5 Å². The van der Waals surface area contributed by atoms with Gasteiger partial charge >= 0.3 is 0 Å². The minimum Gasteiger partial charge on any atom is -0.352 e. The van der Waals surface area contributed by atoms with Crippen LogP contribution >= 0.6 is 0 Å². The van der Waals surface area contributed by atoms with Gasteiger partial charge in [0.2, 0.25) is 5.91 Å². The zero-order chi connectivity index (χ0) is 19.3. The molecule has 0 bridgehead atoms. The number of aromatic nitrogens is 2. The highest BCUT2D eigenvalue weighted by Crippen LogP contribution is 2.29. The van der Waals surface area contributed by atoms with Gasteiger partial charge in [0.25, 0.3) is 0 Å². The summed E-state index contributed by atoms with van der Waals surface area (Å²) in [7, 11) is 0. The van der Waals surface area contributed by atoms with Gasteiger partial charge in [0.05, 0.1) is 0 Å². The van der Waals surface area contributed by atoms with E-state index in [1.54, 1.807) is 0 Å². The predicted octanol–water partition coefficient (Wildman–Crippen LogP) is 3.47. The van der Waals surface area contributed by atoms with Crippen LogP contribution in [0.5, 0.6) is 0 Å². The third kappa shape index (κ3) is 4.58. The highest BCUT2D eigenvalue weighted by Gasteiger charge is 2.24. The Balaban J connectivity index is 1.25. The lowest BCUT2D eigenvalue weighted by atomic mass is 10.0. The first-order valence-electron chi connectivity index (χ1n) is 11.3. The first kappa shape index (κ1) is 19.5. The maximum atomic E-state index is 12.5. The molecule has 0 spiro atoms. The number of piperazine rings is 1. The van der Waals surface area contributed by atoms with Crippen LogP contribution in [0.3, 0.4) is 0 Å². The molecule has 1 aromatic heterocycles. The molecule has 0 N–H and O–H groups in total. The summed E-state index contributed by atoms with van der Waals surface area (Å²) in [6.07, 6.45) is 11.0. The van der Waals surface area contributed by atoms with E-state index >= 15 is 0 Å². The van der Waals surface area contributed by atoms with Gasteiger partial charge in [-0.05, 0) is 50.7 Å². The van der Waals surface area contributed by atoms with Gasteiger partial charge < -0.3 is 14.7 Å². The second-order valence-electron chi connectivity index (χ2n) is 8.84. The second-order valence-corrected chi connectivity index (χ2v) is 8.84. The van der Waals surface area contributed by atoms with Crippen molar-refractivity contribution in [1.29, 1.82) is 0 Å². The number of anilines is 2. The quantitative estimate of drug-likeness (QED) is 0.777. The van der Waals surface area contributed by atoms with Crippen LogP contribution in [0.15, 0.2) is 12.1 Å². The number of carbonyl (C=O) groups is 1. The Morgan fingerprint density at radius 1 is 0.929 bits per heavy atom. The molecular weight excluding hydrogens is 350 g/mol. The van der Waals surface area contributed by atoms with Crippen LogP contribution in [0, 0.1) is 5.92 Å². The third-order valence-electron chi connectivity index (χ3n) is 6.93. The Hall–Kier alpha value is -1.85. The molecule has 0 unspecified atom stereocenters. The first-order valence-corrected chi connectivity index (χ1v) is 11.3. The van der Waals surface area contributed by atoms with Crippen LogP contribution in [-0.4, -0.2) is 59.8 Å². The van der Waals surface area contributed by atoms with Crippen LogP contribution in [0.4, 0.5) is 11.6 Å². The number of nitrogens with zero attached hydrogens (tertiary/aromatic N) is 5. The predicted molar refractivity (Wildman–Crippen MR) is 113 cm³/mol. The van der Waals surface area contributed by atoms with Crippen molar-refractivity contribution in [3.8, 4) is 0 Å². The van der Waals surface area contributed by atoms with Crippen molar-refractivity contribution in [3.05, 3.63) is 12.1 Å². The Labute approximate surface area is 169 Å². The molecule has 1 atom stereocenters. The first-order chi connectivity index (χ1) is 13.7. The van der Waals surface area contributed by atoms with E-state index in [4.69, 9.17) is 0 Å². The topological polar surface area (TPSA) is 52.6 Å². The molecule has 0 aromatic carbocycles. The molecule has 2 aliphatic heterocycles. The average molecular weight is 386 g/mol. The van der Waals surface area contributed by atoms with Gasteiger partial charge in [-0.1, -0.05) is 25.7 Å². The number of piperidine rings is 1. The summed E-state index contributed by atoms with van der Waals surface area (Å²) < 4.78 is 0. The lowest BCUT2D eigenvalue weighted by molar-refractivity contribution is -0.131. The maximum absolute atomic E-state index is 12.5. The summed E-state index contributed by atoms with van der Waals surface area (Å²) in [5, 5.41) is 9.01. The van der Waals surface area contributed by atoms with Gasteiger partial charge in [-0.15, -0.1) is 10.2 Å². The standard InChI is InChI=1S/C22H35N5O/c1-18-6-4-5-13-27(18)21-11-10-20(23-24-21)25-14-16-26(17-15-25)22(28)12-9-19-7-2-3-8-19/h10-11,18-19H,2-9,12-17H2,1H3/t18-/m1/s1. The normalized spacial score (nSPS) is 24.0. The number of carbonyl (C=O) groups excluding carboxylic acids is 1. The second kappa shape index (κ2) is 9.10. The molecule has 2 saturated heterocycles. The van der Waals surface area contributed by atoms with Crippen LogP contribution in [-0.2, 0) is 4.79 Å². The maximum Gasteiger partial charge on any atom is 0.222 e. The number of amides is 1. The SMILES string of the molecule is C[C@@H]1CCCCN1c1ccc(N2CCN(C(=O)CCC3CCCC3)CC2)nn1. The van der Waals surface area contributed by atoms with Crippen molar-refractivity contribution in [1.82, 2.24) is 15.1 Å². The van der Waals surface area contributed by atoms with E-state index in [1.165, 1.54) is 44.9 Å². The van der Waals surface area contributed by atoms with Crippen molar-refractivity contribution in [2.45, 2.75) is 70.8 Å². The molecule has 1 aromatic rings. The fourth-order valence-corrected chi connectivity index (χ4v) is 5.05. The minimum atomic E-state index is 0.340. The molecule has 1 aliphatic carbocycles. The van der Waals surface area contributed by atoms with Crippen molar-refractivity contribution in [2.24, 2.45) is 5.92 Å². The van der Waals surface area contributed by atoms with Crippen LogP contribution < -0.4 is 9.80 Å². The van der Waals surface area contributed by atoms with E-state index in [0.29, 0.717) is 11.9 Å². The monoisotopic (exact) mass is 385 g/mol. The molecule has 3 aliphatic rings. The van der Waals surface area contributed by atoms with Gasteiger partial charge in [-0.3, -0.25) is 4.79 Å². The summed E-state index contributed by atoms with van der Waals surface area (Å²) in [6.45, 7) is 6.66. The molecule has 3 heterocycles. The Morgan fingerprint density at radius 2 is 1.61 bits per heavy atom. The molecule has 6 nitrogen and oxygen atoms in total. The zero-order valence-corrected chi connectivity index (χ0v) is 17.4. The molecule has 6 heteroatoms. The summed E-state index contributed by atoms with van der Waals surface area (Å²) in [5.74, 6) is 3.07. The third-order valence-corrected chi connectivity index (χ3v) is 6.93. The van der Waals surface area contributed by atoms with E-state index < -0.39 is 0 Å². The van der Waals surface area contributed by atoms with Crippen molar-refractivity contribution >= 4 is 17.5 Å². The summed E-state index contributed by atoms with van der Waals surface area (Å²) in [4.78, 5) is 19.2. The number of hydrogen-bond acceptors (Lipinski definition) is 5. The molecule has 4 rings (SSSR count). The van der Waals surface area contributed by atoms with Crippen LogP contribution in [0.25, 0.3) is 0 Å². The molecule has 3 fully saturated rings. The fraction of sp³-hybridized carbons (Fsp3) is 0.773. The molecular formula is C22H35N5O. The molecule has 28 heavy (non-hydrogen) atoms. The molecule has 1 amide bonds. The van der Waals surface area contributed by atoms with Crippen LogP contribution in [0.1, 0.15) is 64.7 Å². The summed E-state index contributed by atoms with van der Waals surface area (Å²) in [6, 6.07) is 4.76. The van der Waals surface area contributed by atoms with Crippen LogP contribution in [0.2, 0.25) is 0 Å². The average Bonchev–Trinajstić information content (AvgIpc) is 3.26. The van der Waals surface area contributed by atoms with E-state index in [0.717, 1.165) is 63.1 Å². The van der Waals surface area contributed by atoms with Crippen molar-refractivity contribution < 1.29 is 4.79 Å². The van der Waals surface area contributed by atoms with Gasteiger partial charge in [-0.2, -0.15) is 0 Å². The minimum absolute atomic E-state index is 0.340. The van der Waals surface area contributed by atoms with Gasteiger partial charge in [0.15, 0.2) is 11.6 Å². The fourth-order valence-electron chi connectivity index (χ4n) is 5.05. The number of rotatable bonds is 5. The van der Waals surface area contributed by atoms with E-state index in [1.807, 2.05) is 4.90 Å². The summed E-state index contributed by atoms with van der Waals surface area (Å²) in [5.41, 5.74) is 0. The highest BCUT2D eigenvalue weighted by molar-refractivity contribution is 5.76. The lowest BCUT2D eigenvalue weighted by Gasteiger charge is -2.36. The van der Waals surface area contributed by atoms with E-state index in [2.05, 4.69) is 39.1 Å². The Morgan fingerprint density at radius 3 is 2.29 bits per heavy atom. The van der Waals surface area contributed by atoms with Gasteiger partial charge in [0.1, 0.15) is 0 Å². The smallest absolute Gasteiger partial charge is 0.222 e. The molecule has 0 radical (unpaired) electrons. The van der Waals surface area contributed by atoms with E-state index in [9.17, 15) is 4.79 Å². The van der Waals surface area contributed by atoms with E-state index in [-0.39, 0.29) is 0 Å². The molecule has 1 saturated carbocycles. The summed E-state index contributed by atoms with van der Waals surface area (Å²) >= 11 is 0. The highest BCUT2D eigenvalue weighted by atomic mass is 16.2. The van der Waals surface area contributed by atoms with Crippen molar-refractivity contribution in [3.63, 3.8) is 0 Å². The zero-order valence-electron chi connectivity index (χ0n) is 17.4. The Bertz CT molecular complexity index is 635. The largest absolute Gasteiger partial charge is 0.352 e. The number of hydrogen-bond donors (Lipinski definition) is 0. The molecule has 154 valence electrons. The Kier molecular flexibility index (Phi) is 6.33. The lowest BCUT2D eigenvalue weighted by Crippen LogP contribution is -2.49. The van der Waals surface area contributed by atoms with Gasteiger partial charge in [-0.25, -0.2) is 0 Å². The van der Waals surface area contributed by atoms with Gasteiger partial charge in [0, 0.05) is 45.2 Å².